The van der Waals surface area contributed by atoms with Gasteiger partial charge in [0.05, 0.1) is 12.2 Å². The van der Waals surface area contributed by atoms with Crippen LogP contribution in [0.1, 0.15) is 54.1 Å². The Morgan fingerprint density at radius 2 is 1.83 bits per heavy atom. The van der Waals surface area contributed by atoms with Crippen LogP contribution in [0.4, 0.5) is 10.1 Å². The van der Waals surface area contributed by atoms with E-state index in [0.29, 0.717) is 28.5 Å². The van der Waals surface area contributed by atoms with Crippen LogP contribution in [-0.2, 0) is 11.3 Å². The summed E-state index contributed by atoms with van der Waals surface area (Å²) in [6.45, 7) is 2.41. The van der Waals surface area contributed by atoms with Gasteiger partial charge < -0.3 is 10.1 Å². The number of halogens is 1. The van der Waals surface area contributed by atoms with Crippen molar-refractivity contribution in [1.29, 1.82) is 0 Å². The molecule has 0 aromatic heterocycles. The number of nitrogens with zero attached hydrogens (tertiary/aromatic N) is 1. The van der Waals surface area contributed by atoms with E-state index >= 15 is 0 Å². The minimum Gasteiger partial charge on any atom is -0.449 e. The number of nitrogens with one attached hydrogen (secondary N) is 1. The van der Waals surface area contributed by atoms with Crippen molar-refractivity contribution >= 4 is 23.6 Å². The molecule has 2 amide bonds. The molecule has 1 heterocycles. The highest BCUT2D eigenvalue weighted by Crippen LogP contribution is 2.36. The monoisotopic (exact) mass is 484 g/mol. The van der Waals surface area contributed by atoms with Crippen LogP contribution < -0.4 is 15.0 Å². The van der Waals surface area contributed by atoms with E-state index < -0.39 is 0 Å². The highest BCUT2D eigenvalue weighted by molar-refractivity contribution is 6.09. The molecular weight excluding hydrogens is 455 g/mol. The Morgan fingerprint density at radius 3 is 2.61 bits per heavy atom. The summed E-state index contributed by atoms with van der Waals surface area (Å²) in [5, 5.41) is 3.17. The fourth-order valence-corrected chi connectivity index (χ4v) is 4.90. The summed E-state index contributed by atoms with van der Waals surface area (Å²) in [6.07, 6.45) is 6.20. The van der Waals surface area contributed by atoms with Gasteiger partial charge in [0.15, 0.2) is 11.5 Å². The molecule has 6 heteroatoms. The summed E-state index contributed by atoms with van der Waals surface area (Å²) in [5.74, 6) is 0.466. The van der Waals surface area contributed by atoms with Crippen molar-refractivity contribution in [1.82, 2.24) is 5.32 Å². The van der Waals surface area contributed by atoms with Crippen LogP contribution >= 0.6 is 0 Å². The highest BCUT2D eigenvalue weighted by Gasteiger charge is 2.30. The first-order chi connectivity index (χ1) is 17.5. The highest BCUT2D eigenvalue weighted by atomic mass is 19.1. The zero-order valence-electron chi connectivity index (χ0n) is 20.2. The Bertz CT molecular complexity index is 1300. The molecule has 1 aliphatic heterocycles. The van der Waals surface area contributed by atoms with Crippen LogP contribution in [0.2, 0.25) is 0 Å². The smallest absolute Gasteiger partial charge is 0.294 e. The molecule has 0 bridgehead atoms. The molecular formula is C30H29FN2O3. The van der Waals surface area contributed by atoms with Crippen molar-refractivity contribution in [2.45, 2.75) is 45.2 Å². The number of fused-ring (bicyclic) bond motifs is 1. The minimum atomic E-state index is -0.348. The maximum atomic E-state index is 13.8. The molecule has 5 rings (SSSR count). The summed E-state index contributed by atoms with van der Waals surface area (Å²) in [7, 11) is 0. The maximum Gasteiger partial charge on any atom is 0.294 e. The van der Waals surface area contributed by atoms with Gasteiger partial charge in [0.25, 0.3) is 11.8 Å². The SMILES string of the molecule is CC1CCCCC1NC(=O)c1ccc(/C=C2\Oc3ccccc3N(Cc3cccc(F)c3)C2=O)cc1. The molecule has 1 fully saturated rings. The van der Waals surface area contributed by atoms with Crippen molar-refractivity contribution in [3.8, 4) is 5.75 Å². The van der Waals surface area contributed by atoms with Gasteiger partial charge in [-0.2, -0.15) is 0 Å². The quantitative estimate of drug-likeness (QED) is 0.445. The van der Waals surface area contributed by atoms with Crippen LogP contribution in [0.25, 0.3) is 6.08 Å². The third kappa shape index (κ3) is 5.18. The fraction of sp³-hybridized carbons (Fsp3) is 0.267. The lowest BCUT2D eigenvalue weighted by Gasteiger charge is -2.30. The van der Waals surface area contributed by atoms with Crippen molar-refractivity contribution in [3.63, 3.8) is 0 Å². The number of benzene rings is 3. The first-order valence-corrected chi connectivity index (χ1v) is 12.4. The molecule has 3 aromatic rings. The second-order valence-corrected chi connectivity index (χ2v) is 9.56. The predicted molar refractivity (Wildman–Crippen MR) is 138 cm³/mol. The maximum absolute atomic E-state index is 13.8. The normalized spacial score (nSPS) is 20.6. The number of rotatable bonds is 5. The Labute approximate surface area is 210 Å². The first-order valence-electron chi connectivity index (χ1n) is 12.4. The Kier molecular flexibility index (Phi) is 6.85. The average molecular weight is 485 g/mol. The van der Waals surface area contributed by atoms with E-state index in [9.17, 15) is 14.0 Å². The lowest BCUT2D eigenvalue weighted by Crippen LogP contribution is -2.41. The molecule has 36 heavy (non-hydrogen) atoms. The lowest BCUT2D eigenvalue weighted by atomic mass is 9.86. The Balaban J connectivity index is 1.35. The molecule has 2 unspecified atom stereocenters. The fourth-order valence-electron chi connectivity index (χ4n) is 4.90. The zero-order chi connectivity index (χ0) is 25.1. The standard InChI is InChI=1S/C30H29FN2O3/c1-20-7-2-3-10-25(20)32-29(34)23-15-13-21(14-16-23)18-28-30(35)33(19-22-8-6-9-24(31)17-22)26-11-4-5-12-27(26)36-28/h4-6,8-9,11-18,20,25H,2-3,7,10,19H2,1H3,(H,32,34)/b28-18-. The minimum absolute atomic E-state index is 0.0758. The van der Waals surface area contributed by atoms with Crippen molar-refractivity contribution in [2.24, 2.45) is 5.92 Å². The van der Waals surface area contributed by atoms with Gasteiger partial charge in [-0.3, -0.25) is 14.5 Å². The van der Waals surface area contributed by atoms with Gasteiger partial charge in [-0.15, -0.1) is 0 Å². The van der Waals surface area contributed by atoms with Crippen LogP contribution in [0.15, 0.2) is 78.6 Å². The molecule has 184 valence electrons. The molecule has 1 aliphatic carbocycles. The number of ether oxygens (including phenoxy) is 1. The number of para-hydroxylation sites is 2. The Hall–Kier alpha value is -3.93. The van der Waals surface area contributed by atoms with E-state index in [4.69, 9.17) is 4.74 Å². The van der Waals surface area contributed by atoms with Gasteiger partial charge in [-0.05, 0) is 72.4 Å². The Morgan fingerprint density at radius 1 is 1.06 bits per heavy atom. The molecule has 0 radical (unpaired) electrons. The number of carbonyl (C=O) groups is 2. The summed E-state index contributed by atoms with van der Waals surface area (Å²) in [4.78, 5) is 27.7. The van der Waals surface area contributed by atoms with Crippen molar-refractivity contribution < 1.29 is 18.7 Å². The number of hydrogen-bond acceptors (Lipinski definition) is 3. The van der Waals surface area contributed by atoms with Gasteiger partial charge >= 0.3 is 0 Å². The van der Waals surface area contributed by atoms with Crippen LogP contribution in [0.3, 0.4) is 0 Å². The third-order valence-corrected chi connectivity index (χ3v) is 6.96. The number of anilines is 1. The summed E-state index contributed by atoms with van der Waals surface area (Å²) >= 11 is 0. The van der Waals surface area contributed by atoms with Gasteiger partial charge in [0.1, 0.15) is 5.82 Å². The van der Waals surface area contributed by atoms with Crippen molar-refractivity contribution in [2.75, 3.05) is 4.90 Å². The molecule has 2 atom stereocenters. The van der Waals surface area contributed by atoms with Gasteiger partial charge in [0, 0.05) is 11.6 Å². The molecule has 5 nitrogen and oxygen atoms in total. The summed E-state index contributed by atoms with van der Waals surface area (Å²) in [5.41, 5.74) is 2.64. The summed E-state index contributed by atoms with van der Waals surface area (Å²) in [6, 6.07) is 20.9. The second kappa shape index (κ2) is 10.4. The molecule has 1 saturated carbocycles. The third-order valence-electron chi connectivity index (χ3n) is 6.96. The molecule has 1 N–H and O–H groups in total. The van der Waals surface area contributed by atoms with E-state index in [0.717, 1.165) is 24.8 Å². The topological polar surface area (TPSA) is 58.6 Å². The van der Waals surface area contributed by atoms with E-state index in [1.807, 2.05) is 18.2 Å². The number of amides is 2. The second-order valence-electron chi connectivity index (χ2n) is 9.56. The average Bonchev–Trinajstić information content (AvgIpc) is 2.88. The molecule has 0 spiro atoms. The van der Waals surface area contributed by atoms with Crippen molar-refractivity contribution in [3.05, 3.63) is 101 Å². The molecule has 2 aliphatic rings. The molecule has 3 aromatic carbocycles. The van der Waals surface area contributed by atoms with E-state index in [-0.39, 0.29) is 36.0 Å². The zero-order valence-corrected chi connectivity index (χ0v) is 20.2. The van der Waals surface area contributed by atoms with Gasteiger partial charge in [-0.1, -0.05) is 56.2 Å². The van der Waals surface area contributed by atoms with E-state index in [2.05, 4.69) is 12.2 Å². The predicted octanol–water partition coefficient (Wildman–Crippen LogP) is 6.10. The van der Waals surface area contributed by atoms with E-state index in [1.165, 1.54) is 18.6 Å². The number of hydrogen-bond donors (Lipinski definition) is 1. The largest absolute Gasteiger partial charge is 0.449 e. The lowest BCUT2D eigenvalue weighted by molar-refractivity contribution is -0.117. The van der Waals surface area contributed by atoms with Crippen LogP contribution in [-0.4, -0.2) is 17.9 Å². The first kappa shape index (κ1) is 23.8. The molecule has 0 saturated heterocycles. The van der Waals surface area contributed by atoms with E-state index in [1.54, 1.807) is 53.4 Å². The van der Waals surface area contributed by atoms with Gasteiger partial charge in [-0.25, -0.2) is 4.39 Å². The van der Waals surface area contributed by atoms with Gasteiger partial charge in [0.2, 0.25) is 0 Å². The van der Waals surface area contributed by atoms with Crippen LogP contribution in [0, 0.1) is 11.7 Å². The van der Waals surface area contributed by atoms with Crippen LogP contribution in [0.5, 0.6) is 5.75 Å². The summed E-state index contributed by atoms with van der Waals surface area (Å²) < 4.78 is 19.7. The number of carbonyl (C=O) groups excluding carboxylic acids is 2.